The van der Waals surface area contributed by atoms with Crippen LogP contribution in [0.5, 0.6) is 5.75 Å². The lowest BCUT2D eigenvalue weighted by Crippen LogP contribution is -2.30. The molecule has 1 atom stereocenters. The van der Waals surface area contributed by atoms with Crippen LogP contribution in [-0.2, 0) is 11.3 Å². The van der Waals surface area contributed by atoms with Crippen LogP contribution in [0.4, 0.5) is 0 Å². The number of hydrogen-bond acceptors (Lipinski definition) is 7. The third-order valence-corrected chi connectivity index (χ3v) is 6.37. The number of benzene rings is 2. The quantitative estimate of drug-likeness (QED) is 0.396. The van der Waals surface area contributed by atoms with Gasteiger partial charge in [0.15, 0.2) is 0 Å². The van der Waals surface area contributed by atoms with Crippen LogP contribution in [0.1, 0.15) is 22.2 Å². The minimum Gasteiger partial charge on any atom is -0.491 e. The van der Waals surface area contributed by atoms with E-state index in [9.17, 15) is 14.7 Å². The van der Waals surface area contributed by atoms with E-state index in [1.54, 1.807) is 13.8 Å². The van der Waals surface area contributed by atoms with Crippen molar-refractivity contribution in [3.05, 3.63) is 81.7 Å². The standard InChI is InChI=1S/C25H24N2O5S/c1-3-31-25(30)22-16(2)21-23(33-22)26-15-27(24(21)29)13-19(28)14-32-20-11-9-18(10-12-20)17-7-5-4-6-8-17/h4-12,15,19,28H,3,13-14H2,1-2H3. The number of aliphatic hydroxyl groups excluding tert-OH is 1. The van der Waals surface area contributed by atoms with Crippen LogP contribution in [0, 0.1) is 6.92 Å². The molecule has 7 nitrogen and oxygen atoms in total. The van der Waals surface area contributed by atoms with Crippen LogP contribution in [-0.4, -0.2) is 39.9 Å². The van der Waals surface area contributed by atoms with Gasteiger partial charge in [-0.2, -0.15) is 0 Å². The average molecular weight is 465 g/mol. The van der Waals surface area contributed by atoms with E-state index in [2.05, 4.69) is 4.98 Å². The van der Waals surface area contributed by atoms with Gasteiger partial charge in [-0.25, -0.2) is 9.78 Å². The highest BCUT2D eigenvalue weighted by Gasteiger charge is 2.21. The first-order valence-electron chi connectivity index (χ1n) is 10.6. The van der Waals surface area contributed by atoms with Gasteiger partial charge < -0.3 is 14.6 Å². The summed E-state index contributed by atoms with van der Waals surface area (Å²) in [6, 6.07) is 17.6. The number of rotatable bonds is 8. The molecule has 4 aromatic rings. The predicted octanol–water partition coefficient (Wildman–Crippen LogP) is 4.05. The number of ether oxygens (including phenoxy) is 2. The highest BCUT2D eigenvalue weighted by Crippen LogP contribution is 2.27. The van der Waals surface area contributed by atoms with Crippen LogP contribution >= 0.6 is 11.3 Å². The summed E-state index contributed by atoms with van der Waals surface area (Å²) in [5, 5.41) is 10.8. The van der Waals surface area contributed by atoms with Crippen LogP contribution in [0.2, 0.25) is 0 Å². The summed E-state index contributed by atoms with van der Waals surface area (Å²) in [6.07, 6.45) is 0.465. The van der Waals surface area contributed by atoms with Crippen molar-refractivity contribution < 1.29 is 19.4 Å². The first kappa shape index (κ1) is 22.7. The van der Waals surface area contributed by atoms with Crippen molar-refractivity contribution in [1.29, 1.82) is 0 Å². The third-order valence-electron chi connectivity index (χ3n) is 5.19. The van der Waals surface area contributed by atoms with Crippen molar-refractivity contribution >= 4 is 27.5 Å². The second-order valence-corrected chi connectivity index (χ2v) is 8.51. The Morgan fingerprint density at radius 2 is 1.82 bits per heavy atom. The molecule has 0 aliphatic rings. The summed E-state index contributed by atoms with van der Waals surface area (Å²) in [7, 11) is 0. The van der Waals surface area contributed by atoms with Gasteiger partial charge in [0.1, 0.15) is 28.2 Å². The lowest BCUT2D eigenvalue weighted by atomic mass is 10.1. The van der Waals surface area contributed by atoms with Gasteiger partial charge in [0, 0.05) is 0 Å². The minimum absolute atomic E-state index is 0.0197. The lowest BCUT2D eigenvalue weighted by molar-refractivity contribution is 0.0531. The second-order valence-electron chi connectivity index (χ2n) is 7.51. The smallest absolute Gasteiger partial charge is 0.348 e. The Morgan fingerprint density at radius 3 is 2.52 bits per heavy atom. The average Bonchev–Trinajstić information content (AvgIpc) is 3.18. The van der Waals surface area contributed by atoms with E-state index in [1.165, 1.54) is 10.9 Å². The maximum atomic E-state index is 13.0. The van der Waals surface area contributed by atoms with E-state index in [4.69, 9.17) is 9.47 Å². The molecule has 2 aromatic carbocycles. The van der Waals surface area contributed by atoms with E-state index in [0.29, 0.717) is 26.4 Å². The molecule has 0 fully saturated rings. The second kappa shape index (κ2) is 9.97. The topological polar surface area (TPSA) is 90.7 Å². The fraction of sp³-hybridized carbons (Fsp3) is 0.240. The summed E-state index contributed by atoms with van der Waals surface area (Å²) in [6.45, 7) is 3.73. The highest BCUT2D eigenvalue weighted by molar-refractivity contribution is 7.20. The van der Waals surface area contributed by atoms with Crippen LogP contribution in [0.3, 0.4) is 0 Å². The number of carbonyl (C=O) groups is 1. The number of aryl methyl sites for hydroxylation is 1. The molecule has 33 heavy (non-hydrogen) atoms. The molecule has 0 amide bonds. The number of thiophene rings is 1. The molecule has 4 rings (SSSR count). The Labute approximate surface area is 194 Å². The Hall–Kier alpha value is -3.49. The Bertz CT molecular complexity index is 1310. The lowest BCUT2D eigenvalue weighted by Gasteiger charge is -2.14. The fourth-order valence-electron chi connectivity index (χ4n) is 3.53. The van der Waals surface area contributed by atoms with Crippen molar-refractivity contribution in [2.45, 2.75) is 26.5 Å². The van der Waals surface area contributed by atoms with Gasteiger partial charge >= 0.3 is 5.97 Å². The van der Waals surface area contributed by atoms with Crippen LogP contribution < -0.4 is 10.3 Å². The van der Waals surface area contributed by atoms with E-state index in [-0.39, 0.29) is 25.3 Å². The number of aliphatic hydroxyl groups is 1. The predicted molar refractivity (Wildman–Crippen MR) is 128 cm³/mol. The molecule has 0 saturated heterocycles. The number of esters is 1. The largest absolute Gasteiger partial charge is 0.491 e. The Morgan fingerprint density at radius 1 is 1.12 bits per heavy atom. The summed E-state index contributed by atoms with van der Waals surface area (Å²) < 4.78 is 12.1. The Kier molecular flexibility index (Phi) is 6.86. The molecule has 1 unspecified atom stereocenters. The van der Waals surface area contributed by atoms with Gasteiger partial charge in [-0.1, -0.05) is 42.5 Å². The summed E-state index contributed by atoms with van der Waals surface area (Å²) in [5.74, 6) is 0.165. The Balaban J connectivity index is 1.43. The first-order valence-corrected chi connectivity index (χ1v) is 11.4. The SMILES string of the molecule is CCOC(=O)c1sc2ncn(CC(O)COc3ccc(-c4ccccc4)cc3)c(=O)c2c1C. The van der Waals surface area contributed by atoms with Crippen molar-refractivity contribution in [3.8, 4) is 16.9 Å². The molecule has 170 valence electrons. The molecule has 1 N–H and O–H groups in total. The first-order chi connectivity index (χ1) is 16.0. The van der Waals surface area contributed by atoms with Gasteiger partial charge in [0.05, 0.1) is 24.9 Å². The zero-order chi connectivity index (χ0) is 23.4. The van der Waals surface area contributed by atoms with E-state index >= 15 is 0 Å². The van der Waals surface area contributed by atoms with Gasteiger partial charge in [0.2, 0.25) is 0 Å². The highest BCUT2D eigenvalue weighted by atomic mass is 32.1. The molecule has 0 spiro atoms. The summed E-state index contributed by atoms with van der Waals surface area (Å²) in [5.41, 5.74) is 2.42. The molecule has 0 radical (unpaired) electrons. The molecule has 0 aliphatic carbocycles. The van der Waals surface area contributed by atoms with Crippen molar-refractivity contribution in [2.75, 3.05) is 13.2 Å². The molecule has 2 aromatic heterocycles. The van der Waals surface area contributed by atoms with Crippen molar-refractivity contribution in [2.24, 2.45) is 0 Å². The minimum atomic E-state index is -0.917. The number of carbonyl (C=O) groups excluding carboxylic acids is 1. The zero-order valence-electron chi connectivity index (χ0n) is 18.4. The molecule has 0 bridgehead atoms. The molecular formula is C25H24N2O5S. The van der Waals surface area contributed by atoms with Gasteiger partial charge in [0.25, 0.3) is 5.56 Å². The molecule has 0 saturated carbocycles. The maximum Gasteiger partial charge on any atom is 0.348 e. The fourth-order valence-corrected chi connectivity index (χ4v) is 4.56. The summed E-state index contributed by atoms with van der Waals surface area (Å²) in [4.78, 5) is 30.2. The van der Waals surface area contributed by atoms with Gasteiger partial charge in [-0.15, -0.1) is 11.3 Å². The van der Waals surface area contributed by atoms with Crippen molar-refractivity contribution in [1.82, 2.24) is 9.55 Å². The number of hydrogen-bond donors (Lipinski definition) is 1. The number of nitrogens with zero attached hydrogens (tertiary/aromatic N) is 2. The van der Waals surface area contributed by atoms with Gasteiger partial charge in [-0.3, -0.25) is 9.36 Å². The van der Waals surface area contributed by atoms with Crippen molar-refractivity contribution in [3.63, 3.8) is 0 Å². The monoisotopic (exact) mass is 464 g/mol. The molecule has 2 heterocycles. The normalized spacial score (nSPS) is 12.0. The van der Waals surface area contributed by atoms with Crippen LogP contribution in [0.25, 0.3) is 21.3 Å². The molecule has 8 heteroatoms. The van der Waals surface area contributed by atoms with Crippen LogP contribution in [0.15, 0.2) is 65.7 Å². The van der Waals surface area contributed by atoms with E-state index in [0.717, 1.165) is 22.5 Å². The number of aromatic nitrogens is 2. The maximum absolute atomic E-state index is 13.0. The zero-order valence-corrected chi connectivity index (χ0v) is 19.2. The van der Waals surface area contributed by atoms with Gasteiger partial charge in [-0.05, 0) is 42.7 Å². The summed E-state index contributed by atoms with van der Waals surface area (Å²) >= 11 is 1.13. The molecule has 0 aliphatic heterocycles. The van der Waals surface area contributed by atoms with E-state index < -0.39 is 12.1 Å². The molecular weight excluding hydrogens is 440 g/mol. The van der Waals surface area contributed by atoms with E-state index in [1.807, 2.05) is 54.6 Å². The number of fused-ring (bicyclic) bond motifs is 1. The third kappa shape index (κ3) is 4.97.